The first-order chi connectivity index (χ1) is 10.0. The monoisotopic (exact) mass is 291 g/mol. The molecule has 1 aromatic heterocycles. The van der Waals surface area contributed by atoms with Crippen LogP contribution in [-0.2, 0) is 0 Å². The number of ether oxygens (including phenoxy) is 3. The lowest BCUT2D eigenvalue weighted by atomic mass is 10.2. The fourth-order valence-corrected chi connectivity index (χ4v) is 2.22. The molecule has 0 aliphatic carbocycles. The van der Waals surface area contributed by atoms with Crippen molar-refractivity contribution in [2.24, 2.45) is 0 Å². The smallest absolute Gasteiger partial charge is 0.337 e. The van der Waals surface area contributed by atoms with E-state index in [0.717, 1.165) is 5.69 Å². The van der Waals surface area contributed by atoms with Gasteiger partial charge in [-0.15, -0.1) is 0 Å². The van der Waals surface area contributed by atoms with Crippen LogP contribution in [0.2, 0.25) is 0 Å². The van der Waals surface area contributed by atoms with E-state index in [1.54, 1.807) is 35.9 Å². The van der Waals surface area contributed by atoms with Gasteiger partial charge in [-0.25, -0.2) is 4.79 Å². The van der Waals surface area contributed by atoms with Gasteiger partial charge in [-0.1, -0.05) is 0 Å². The van der Waals surface area contributed by atoms with E-state index in [1.807, 2.05) is 0 Å². The maximum atomic E-state index is 11.1. The first kappa shape index (κ1) is 14.8. The Morgan fingerprint density at radius 2 is 1.67 bits per heavy atom. The van der Waals surface area contributed by atoms with Gasteiger partial charge in [-0.05, 0) is 13.0 Å². The number of carbonyl (C=O) groups is 1. The molecule has 1 N–H and O–H groups in total. The molecule has 0 bridgehead atoms. The second kappa shape index (κ2) is 5.78. The minimum absolute atomic E-state index is 0.253. The molecule has 0 atom stereocenters. The summed E-state index contributed by atoms with van der Waals surface area (Å²) in [6.07, 6.45) is 1.69. The zero-order valence-corrected chi connectivity index (χ0v) is 12.3. The predicted molar refractivity (Wildman–Crippen MR) is 77.1 cm³/mol. The highest BCUT2D eigenvalue weighted by molar-refractivity contribution is 5.89. The van der Waals surface area contributed by atoms with Crippen molar-refractivity contribution in [3.05, 3.63) is 35.7 Å². The molecule has 1 aromatic carbocycles. The number of methoxy groups -OCH3 is 3. The maximum absolute atomic E-state index is 11.1. The normalized spacial score (nSPS) is 10.3. The molecule has 2 aromatic rings. The number of benzene rings is 1. The van der Waals surface area contributed by atoms with Gasteiger partial charge in [0.05, 0.1) is 32.6 Å². The number of nitrogens with zero attached hydrogens (tertiary/aromatic N) is 1. The molecule has 21 heavy (non-hydrogen) atoms. The summed E-state index contributed by atoms with van der Waals surface area (Å²) < 4.78 is 17.6. The fourth-order valence-electron chi connectivity index (χ4n) is 2.22. The van der Waals surface area contributed by atoms with E-state index in [1.165, 1.54) is 21.3 Å². The third kappa shape index (κ3) is 2.52. The van der Waals surface area contributed by atoms with Crippen molar-refractivity contribution in [2.75, 3.05) is 21.3 Å². The van der Waals surface area contributed by atoms with Crippen LogP contribution in [0.15, 0.2) is 24.4 Å². The van der Waals surface area contributed by atoms with Crippen LogP contribution in [0, 0.1) is 6.92 Å². The van der Waals surface area contributed by atoms with Crippen LogP contribution in [0.3, 0.4) is 0 Å². The quantitative estimate of drug-likeness (QED) is 0.916. The molecular weight excluding hydrogens is 274 g/mol. The molecule has 0 spiro atoms. The highest BCUT2D eigenvalue weighted by Crippen LogP contribution is 2.39. The Kier molecular flexibility index (Phi) is 4.07. The lowest BCUT2D eigenvalue weighted by molar-refractivity contribution is 0.0696. The van der Waals surface area contributed by atoms with Crippen LogP contribution in [0.25, 0.3) is 5.69 Å². The molecule has 2 rings (SSSR count). The molecule has 0 saturated heterocycles. The molecule has 0 saturated carbocycles. The largest absolute Gasteiger partial charge is 0.493 e. The Labute approximate surface area is 122 Å². The molecule has 6 nitrogen and oxygen atoms in total. The van der Waals surface area contributed by atoms with Crippen molar-refractivity contribution in [1.82, 2.24) is 4.57 Å². The highest BCUT2D eigenvalue weighted by atomic mass is 16.5. The van der Waals surface area contributed by atoms with Gasteiger partial charge in [0, 0.05) is 24.0 Å². The minimum Gasteiger partial charge on any atom is -0.493 e. The van der Waals surface area contributed by atoms with Gasteiger partial charge in [0.2, 0.25) is 5.75 Å². The lowest BCUT2D eigenvalue weighted by Crippen LogP contribution is -2.03. The number of carboxylic acids is 1. The molecule has 112 valence electrons. The lowest BCUT2D eigenvalue weighted by Gasteiger charge is -2.15. The Balaban J connectivity index is 2.62. The number of hydrogen-bond acceptors (Lipinski definition) is 4. The van der Waals surface area contributed by atoms with E-state index in [4.69, 9.17) is 19.3 Å². The number of aromatic carboxylic acids is 1. The van der Waals surface area contributed by atoms with Crippen molar-refractivity contribution in [2.45, 2.75) is 6.92 Å². The number of hydrogen-bond donors (Lipinski definition) is 1. The first-order valence-corrected chi connectivity index (χ1v) is 6.25. The molecule has 0 aliphatic rings. The number of carboxylic acid groups (broad SMARTS) is 1. The van der Waals surface area contributed by atoms with E-state index >= 15 is 0 Å². The second-order valence-electron chi connectivity index (χ2n) is 4.37. The van der Waals surface area contributed by atoms with Gasteiger partial charge in [-0.2, -0.15) is 0 Å². The molecule has 0 amide bonds. The Hall–Kier alpha value is -2.63. The third-order valence-electron chi connectivity index (χ3n) is 3.30. The van der Waals surface area contributed by atoms with Crippen LogP contribution in [0.5, 0.6) is 17.2 Å². The summed E-state index contributed by atoms with van der Waals surface area (Å²) in [6.45, 7) is 1.74. The van der Waals surface area contributed by atoms with E-state index in [9.17, 15) is 4.79 Å². The van der Waals surface area contributed by atoms with Crippen LogP contribution in [-0.4, -0.2) is 37.0 Å². The fraction of sp³-hybridized carbons (Fsp3) is 0.267. The zero-order chi connectivity index (χ0) is 15.6. The minimum atomic E-state index is -0.960. The molecule has 1 heterocycles. The van der Waals surface area contributed by atoms with E-state index < -0.39 is 5.97 Å². The standard InChI is InChI=1S/C15H17NO5/c1-9-11(15(17)18)5-6-16(9)10-7-12(19-2)14(21-4)13(8-10)20-3/h5-8H,1-4H3,(H,17,18). The van der Waals surface area contributed by atoms with Crippen LogP contribution >= 0.6 is 0 Å². The van der Waals surface area contributed by atoms with Gasteiger partial charge in [0.1, 0.15) is 0 Å². The zero-order valence-electron chi connectivity index (χ0n) is 12.3. The summed E-state index contributed by atoms with van der Waals surface area (Å²) in [4.78, 5) is 11.1. The second-order valence-corrected chi connectivity index (χ2v) is 4.37. The highest BCUT2D eigenvalue weighted by Gasteiger charge is 2.17. The summed E-state index contributed by atoms with van der Waals surface area (Å²) in [5.74, 6) is 0.555. The SMILES string of the molecule is COc1cc(-n2ccc(C(=O)O)c2C)cc(OC)c1OC. The Morgan fingerprint density at radius 1 is 1.10 bits per heavy atom. The molecular formula is C15H17NO5. The number of aromatic nitrogens is 1. The van der Waals surface area contributed by atoms with E-state index in [0.29, 0.717) is 22.9 Å². The van der Waals surface area contributed by atoms with Gasteiger partial charge in [-0.3, -0.25) is 0 Å². The maximum Gasteiger partial charge on any atom is 0.337 e. The summed E-state index contributed by atoms with van der Waals surface area (Å²) >= 11 is 0. The van der Waals surface area contributed by atoms with Crippen molar-refractivity contribution in [3.8, 4) is 22.9 Å². The first-order valence-electron chi connectivity index (χ1n) is 6.25. The average molecular weight is 291 g/mol. The van der Waals surface area contributed by atoms with Gasteiger partial charge < -0.3 is 23.9 Å². The van der Waals surface area contributed by atoms with Crippen molar-refractivity contribution in [3.63, 3.8) is 0 Å². The Bertz CT molecular complexity index is 650. The van der Waals surface area contributed by atoms with Gasteiger partial charge >= 0.3 is 5.97 Å². The molecule has 0 fully saturated rings. The van der Waals surface area contributed by atoms with Crippen LogP contribution < -0.4 is 14.2 Å². The molecule has 6 heteroatoms. The van der Waals surface area contributed by atoms with E-state index in [2.05, 4.69) is 0 Å². The summed E-state index contributed by atoms with van der Waals surface area (Å²) in [7, 11) is 4.60. The van der Waals surface area contributed by atoms with Gasteiger partial charge in [0.15, 0.2) is 11.5 Å². The van der Waals surface area contributed by atoms with Crippen molar-refractivity contribution < 1.29 is 24.1 Å². The van der Waals surface area contributed by atoms with Gasteiger partial charge in [0.25, 0.3) is 0 Å². The number of rotatable bonds is 5. The predicted octanol–water partition coefficient (Wildman–Crippen LogP) is 2.51. The molecule has 0 aliphatic heterocycles. The summed E-state index contributed by atoms with van der Waals surface area (Å²) in [6, 6.07) is 5.08. The topological polar surface area (TPSA) is 69.9 Å². The summed E-state index contributed by atoms with van der Waals surface area (Å²) in [5.41, 5.74) is 1.61. The van der Waals surface area contributed by atoms with Crippen molar-refractivity contribution in [1.29, 1.82) is 0 Å². The van der Waals surface area contributed by atoms with E-state index in [-0.39, 0.29) is 5.56 Å². The van der Waals surface area contributed by atoms with Crippen LogP contribution in [0.4, 0.5) is 0 Å². The molecule has 0 radical (unpaired) electrons. The van der Waals surface area contributed by atoms with Crippen LogP contribution in [0.1, 0.15) is 16.1 Å². The molecule has 0 unspecified atom stereocenters. The Morgan fingerprint density at radius 3 is 2.05 bits per heavy atom. The average Bonchev–Trinajstić information content (AvgIpc) is 2.87. The third-order valence-corrected chi connectivity index (χ3v) is 3.30. The summed E-state index contributed by atoms with van der Waals surface area (Å²) in [5, 5.41) is 9.13. The van der Waals surface area contributed by atoms with Crippen molar-refractivity contribution >= 4 is 5.97 Å².